The SMILES string of the molecule is CCOCC(C)OC(=O)Cc1ccc(S(=O)(=O)Cl)s1. The van der Waals surface area contributed by atoms with Crippen LogP contribution in [0.25, 0.3) is 0 Å². The topological polar surface area (TPSA) is 69.7 Å². The molecular formula is C11H15ClO5S2. The molecule has 0 bridgehead atoms. The van der Waals surface area contributed by atoms with Crippen molar-refractivity contribution in [2.24, 2.45) is 0 Å². The quantitative estimate of drug-likeness (QED) is 0.567. The first kappa shape index (κ1) is 16.4. The summed E-state index contributed by atoms with van der Waals surface area (Å²) in [6.45, 7) is 4.49. The van der Waals surface area contributed by atoms with E-state index in [9.17, 15) is 13.2 Å². The van der Waals surface area contributed by atoms with Crippen molar-refractivity contribution in [1.82, 2.24) is 0 Å². The van der Waals surface area contributed by atoms with Gasteiger partial charge in [0.25, 0.3) is 9.05 Å². The second kappa shape index (κ2) is 7.23. The largest absolute Gasteiger partial charge is 0.460 e. The highest BCUT2D eigenvalue weighted by atomic mass is 35.7. The van der Waals surface area contributed by atoms with Gasteiger partial charge in [0.05, 0.1) is 13.0 Å². The van der Waals surface area contributed by atoms with Crippen LogP contribution in [0.3, 0.4) is 0 Å². The Morgan fingerprint density at radius 3 is 2.68 bits per heavy atom. The average molecular weight is 327 g/mol. The molecule has 0 radical (unpaired) electrons. The van der Waals surface area contributed by atoms with Crippen molar-refractivity contribution in [2.75, 3.05) is 13.2 Å². The lowest BCUT2D eigenvalue weighted by Gasteiger charge is -2.12. The zero-order chi connectivity index (χ0) is 14.5. The highest BCUT2D eigenvalue weighted by Crippen LogP contribution is 2.25. The molecule has 1 unspecified atom stereocenters. The van der Waals surface area contributed by atoms with Crippen LogP contribution in [0, 0.1) is 0 Å². The second-order valence-corrected chi connectivity index (χ2v) is 7.76. The minimum absolute atomic E-state index is 0.0214. The minimum Gasteiger partial charge on any atom is -0.460 e. The fourth-order valence-corrected chi connectivity index (χ4v) is 3.42. The first-order valence-corrected chi connectivity index (χ1v) is 8.76. The zero-order valence-electron chi connectivity index (χ0n) is 10.6. The summed E-state index contributed by atoms with van der Waals surface area (Å²) >= 11 is 0.961. The first-order valence-electron chi connectivity index (χ1n) is 5.63. The van der Waals surface area contributed by atoms with Gasteiger partial charge in [0, 0.05) is 22.2 Å². The molecule has 8 heteroatoms. The van der Waals surface area contributed by atoms with E-state index in [0.29, 0.717) is 18.1 Å². The fourth-order valence-electron chi connectivity index (χ4n) is 1.31. The van der Waals surface area contributed by atoms with Crippen LogP contribution in [0.4, 0.5) is 0 Å². The van der Waals surface area contributed by atoms with E-state index in [4.69, 9.17) is 20.2 Å². The Labute approximate surface area is 120 Å². The van der Waals surface area contributed by atoms with E-state index in [-0.39, 0.29) is 16.7 Å². The van der Waals surface area contributed by atoms with Crippen molar-refractivity contribution in [3.05, 3.63) is 17.0 Å². The summed E-state index contributed by atoms with van der Waals surface area (Å²) in [5.41, 5.74) is 0. The van der Waals surface area contributed by atoms with Gasteiger partial charge < -0.3 is 9.47 Å². The zero-order valence-corrected chi connectivity index (χ0v) is 13.0. The monoisotopic (exact) mass is 326 g/mol. The molecule has 5 nitrogen and oxygen atoms in total. The van der Waals surface area contributed by atoms with Crippen LogP contribution >= 0.6 is 22.0 Å². The molecule has 0 aliphatic carbocycles. The van der Waals surface area contributed by atoms with Crippen LogP contribution < -0.4 is 0 Å². The number of carbonyl (C=O) groups excluding carboxylic acids is 1. The van der Waals surface area contributed by atoms with Crippen LogP contribution in [-0.4, -0.2) is 33.7 Å². The van der Waals surface area contributed by atoms with E-state index in [0.717, 1.165) is 11.3 Å². The number of hydrogen-bond donors (Lipinski definition) is 0. The molecule has 19 heavy (non-hydrogen) atoms. The second-order valence-electron chi connectivity index (χ2n) is 3.80. The Bertz CT molecular complexity index is 523. The van der Waals surface area contributed by atoms with E-state index < -0.39 is 15.0 Å². The molecular weight excluding hydrogens is 312 g/mol. The van der Waals surface area contributed by atoms with E-state index in [1.807, 2.05) is 6.92 Å². The van der Waals surface area contributed by atoms with E-state index in [1.54, 1.807) is 13.0 Å². The van der Waals surface area contributed by atoms with Crippen molar-refractivity contribution in [2.45, 2.75) is 30.6 Å². The molecule has 1 atom stereocenters. The highest BCUT2D eigenvalue weighted by Gasteiger charge is 2.16. The summed E-state index contributed by atoms with van der Waals surface area (Å²) in [6.07, 6.45) is -0.309. The van der Waals surface area contributed by atoms with Crippen LogP contribution in [0.15, 0.2) is 16.3 Å². The smallest absolute Gasteiger partial charge is 0.311 e. The number of thiophene rings is 1. The molecule has 0 aromatic carbocycles. The molecule has 1 heterocycles. The first-order chi connectivity index (χ1) is 8.82. The third kappa shape index (κ3) is 5.90. The maximum atomic E-state index is 11.6. The van der Waals surface area contributed by atoms with Gasteiger partial charge in [-0.05, 0) is 26.0 Å². The van der Waals surface area contributed by atoms with Crippen molar-refractivity contribution >= 4 is 37.0 Å². The molecule has 1 aromatic heterocycles. The van der Waals surface area contributed by atoms with Gasteiger partial charge in [0.15, 0.2) is 0 Å². The highest BCUT2D eigenvalue weighted by molar-refractivity contribution is 8.15. The molecule has 0 aliphatic rings. The van der Waals surface area contributed by atoms with Crippen LogP contribution in [0.5, 0.6) is 0 Å². The molecule has 1 rings (SSSR count). The normalized spacial score (nSPS) is 13.2. The predicted octanol–water partition coefficient (Wildman–Crippen LogP) is 2.19. The summed E-state index contributed by atoms with van der Waals surface area (Å²) in [6, 6.07) is 2.92. The third-order valence-electron chi connectivity index (χ3n) is 2.09. The number of carbonyl (C=O) groups is 1. The Kier molecular flexibility index (Phi) is 6.25. The van der Waals surface area contributed by atoms with Gasteiger partial charge in [-0.3, -0.25) is 4.79 Å². The van der Waals surface area contributed by atoms with Crippen LogP contribution in [0.1, 0.15) is 18.7 Å². The lowest BCUT2D eigenvalue weighted by molar-refractivity contribution is -0.150. The Morgan fingerprint density at radius 1 is 1.47 bits per heavy atom. The number of ether oxygens (including phenoxy) is 2. The standard InChI is InChI=1S/C11H15ClO5S2/c1-3-16-7-8(2)17-10(13)6-9-4-5-11(18-9)19(12,14)15/h4-5,8H,3,6-7H2,1-2H3. The van der Waals surface area contributed by atoms with Gasteiger partial charge in [-0.25, -0.2) is 8.42 Å². The number of halogens is 1. The summed E-state index contributed by atoms with van der Waals surface area (Å²) < 4.78 is 32.4. The molecule has 0 spiro atoms. The number of hydrogen-bond acceptors (Lipinski definition) is 6. The molecule has 1 aromatic rings. The molecule has 0 N–H and O–H groups in total. The minimum atomic E-state index is -3.73. The van der Waals surface area contributed by atoms with Gasteiger partial charge >= 0.3 is 5.97 Å². The Morgan fingerprint density at radius 2 is 2.16 bits per heavy atom. The average Bonchev–Trinajstić information content (AvgIpc) is 2.74. The van der Waals surface area contributed by atoms with E-state index in [2.05, 4.69) is 0 Å². The van der Waals surface area contributed by atoms with Crippen molar-refractivity contribution in [3.63, 3.8) is 0 Å². The summed E-state index contributed by atoms with van der Waals surface area (Å²) in [4.78, 5) is 12.2. The third-order valence-corrected chi connectivity index (χ3v) is 5.26. The molecule has 0 amide bonds. The summed E-state index contributed by atoms with van der Waals surface area (Å²) in [7, 11) is 1.47. The molecule has 0 saturated heterocycles. The van der Waals surface area contributed by atoms with Crippen molar-refractivity contribution < 1.29 is 22.7 Å². The maximum absolute atomic E-state index is 11.6. The Hall–Kier alpha value is -0.630. The molecule has 0 fully saturated rings. The number of rotatable bonds is 7. The summed E-state index contributed by atoms with van der Waals surface area (Å²) in [5.74, 6) is -0.424. The van der Waals surface area contributed by atoms with E-state index >= 15 is 0 Å². The van der Waals surface area contributed by atoms with Gasteiger partial charge in [-0.1, -0.05) is 0 Å². The van der Waals surface area contributed by atoms with Crippen molar-refractivity contribution in [3.8, 4) is 0 Å². The van der Waals surface area contributed by atoms with Crippen LogP contribution in [-0.2, 0) is 29.7 Å². The van der Waals surface area contributed by atoms with Gasteiger partial charge in [0.2, 0.25) is 0 Å². The Balaban J connectivity index is 2.51. The summed E-state index contributed by atoms with van der Waals surface area (Å²) in [5, 5.41) is 0. The lowest BCUT2D eigenvalue weighted by Crippen LogP contribution is -2.21. The maximum Gasteiger partial charge on any atom is 0.311 e. The van der Waals surface area contributed by atoms with Gasteiger partial charge in [-0.15, -0.1) is 11.3 Å². The number of esters is 1. The van der Waals surface area contributed by atoms with Gasteiger partial charge in [0.1, 0.15) is 10.3 Å². The molecule has 0 saturated carbocycles. The molecule has 0 aliphatic heterocycles. The fraction of sp³-hybridized carbons (Fsp3) is 0.545. The van der Waals surface area contributed by atoms with Gasteiger partial charge in [-0.2, -0.15) is 0 Å². The lowest BCUT2D eigenvalue weighted by atomic mass is 10.3. The predicted molar refractivity (Wildman–Crippen MR) is 73.1 cm³/mol. The molecule has 108 valence electrons. The van der Waals surface area contributed by atoms with Crippen molar-refractivity contribution in [1.29, 1.82) is 0 Å². The van der Waals surface area contributed by atoms with E-state index in [1.165, 1.54) is 6.07 Å². The van der Waals surface area contributed by atoms with Crippen LogP contribution in [0.2, 0.25) is 0 Å².